The average molecular weight is 277 g/mol. The molecule has 1 amide bonds. The predicted octanol–water partition coefficient (Wildman–Crippen LogP) is 0.770. The molecular formula is C14H19N3O3. The molecule has 0 saturated carbocycles. The topological polar surface area (TPSA) is 84.7 Å². The van der Waals surface area contributed by atoms with Crippen LogP contribution in [0.2, 0.25) is 0 Å². The van der Waals surface area contributed by atoms with Crippen molar-refractivity contribution in [3.05, 3.63) is 23.8 Å². The molecular weight excluding hydrogens is 258 g/mol. The van der Waals surface area contributed by atoms with Gasteiger partial charge >= 0.3 is 5.97 Å². The molecule has 6 nitrogen and oxygen atoms in total. The van der Waals surface area contributed by atoms with E-state index in [9.17, 15) is 9.59 Å². The number of amides is 1. The van der Waals surface area contributed by atoms with E-state index >= 15 is 0 Å². The lowest BCUT2D eigenvalue weighted by Crippen LogP contribution is -2.55. The number of hydrogen-bond donors (Lipinski definition) is 2. The number of rotatable bonds is 3. The van der Waals surface area contributed by atoms with Crippen molar-refractivity contribution in [1.29, 1.82) is 0 Å². The van der Waals surface area contributed by atoms with Crippen LogP contribution in [0.15, 0.2) is 18.2 Å². The van der Waals surface area contributed by atoms with Crippen molar-refractivity contribution in [3.63, 3.8) is 0 Å². The Morgan fingerprint density at radius 2 is 2.30 bits per heavy atom. The summed E-state index contributed by atoms with van der Waals surface area (Å²) in [5.41, 5.74) is 7.47. The van der Waals surface area contributed by atoms with Crippen molar-refractivity contribution in [2.45, 2.75) is 19.4 Å². The van der Waals surface area contributed by atoms with Gasteiger partial charge in [-0.15, -0.1) is 0 Å². The van der Waals surface area contributed by atoms with Crippen molar-refractivity contribution in [1.82, 2.24) is 5.32 Å². The first-order valence-electron chi connectivity index (χ1n) is 6.61. The molecule has 20 heavy (non-hydrogen) atoms. The summed E-state index contributed by atoms with van der Waals surface area (Å²) in [6.07, 6.45) is 0.640. The third-order valence-corrected chi connectivity index (χ3v) is 3.48. The maximum Gasteiger partial charge on any atom is 0.340 e. The smallest absolute Gasteiger partial charge is 0.340 e. The van der Waals surface area contributed by atoms with Gasteiger partial charge in [0.25, 0.3) is 0 Å². The number of piperazine rings is 1. The molecule has 0 radical (unpaired) electrons. The van der Waals surface area contributed by atoms with Crippen LogP contribution in [0.25, 0.3) is 0 Å². The van der Waals surface area contributed by atoms with Crippen LogP contribution in [0.3, 0.4) is 0 Å². The molecule has 0 bridgehead atoms. The van der Waals surface area contributed by atoms with Crippen LogP contribution in [0.1, 0.15) is 23.7 Å². The minimum Gasteiger partial charge on any atom is -0.465 e. The summed E-state index contributed by atoms with van der Waals surface area (Å²) in [6.45, 7) is 3.08. The van der Waals surface area contributed by atoms with Gasteiger partial charge in [0.2, 0.25) is 5.91 Å². The van der Waals surface area contributed by atoms with Crippen LogP contribution in [-0.4, -0.2) is 38.1 Å². The molecule has 108 valence electrons. The Kier molecular flexibility index (Phi) is 4.12. The summed E-state index contributed by atoms with van der Waals surface area (Å²) < 4.78 is 4.80. The number of nitrogens with one attached hydrogen (secondary N) is 1. The first-order valence-corrected chi connectivity index (χ1v) is 6.61. The molecule has 1 aromatic rings. The fraction of sp³-hybridized carbons (Fsp3) is 0.429. The fourth-order valence-electron chi connectivity index (χ4n) is 2.54. The van der Waals surface area contributed by atoms with E-state index in [0.717, 1.165) is 0 Å². The van der Waals surface area contributed by atoms with Crippen molar-refractivity contribution < 1.29 is 14.3 Å². The van der Waals surface area contributed by atoms with E-state index in [4.69, 9.17) is 10.5 Å². The maximum absolute atomic E-state index is 12.0. The number of esters is 1. The Morgan fingerprint density at radius 3 is 2.95 bits per heavy atom. The Hall–Kier alpha value is -2.24. The molecule has 1 aliphatic heterocycles. The number of nitrogens with two attached hydrogens (primary N) is 1. The van der Waals surface area contributed by atoms with Gasteiger partial charge in [-0.05, 0) is 18.6 Å². The van der Waals surface area contributed by atoms with Crippen LogP contribution in [-0.2, 0) is 9.53 Å². The molecule has 1 atom stereocenters. The highest BCUT2D eigenvalue weighted by atomic mass is 16.5. The summed E-state index contributed by atoms with van der Waals surface area (Å²) in [5.74, 6) is -0.494. The van der Waals surface area contributed by atoms with E-state index in [0.29, 0.717) is 36.4 Å². The first kappa shape index (κ1) is 14.2. The van der Waals surface area contributed by atoms with Crippen molar-refractivity contribution in [2.75, 3.05) is 30.8 Å². The Labute approximate surface area is 117 Å². The van der Waals surface area contributed by atoms with Gasteiger partial charge in [-0.2, -0.15) is 0 Å². The number of benzene rings is 1. The average Bonchev–Trinajstić information content (AvgIpc) is 2.46. The van der Waals surface area contributed by atoms with Gasteiger partial charge in [-0.3, -0.25) is 4.79 Å². The van der Waals surface area contributed by atoms with E-state index in [1.54, 1.807) is 18.2 Å². The third kappa shape index (κ3) is 2.41. The summed E-state index contributed by atoms with van der Waals surface area (Å²) in [4.78, 5) is 25.8. The molecule has 1 heterocycles. The number of carbonyl (C=O) groups is 2. The molecule has 6 heteroatoms. The molecule has 1 unspecified atom stereocenters. The van der Waals surface area contributed by atoms with E-state index in [1.165, 1.54) is 7.11 Å². The van der Waals surface area contributed by atoms with Crippen LogP contribution in [0.4, 0.5) is 11.4 Å². The first-order chi connectivity index (χ1) is 9.60. The van der Waals surface area contributed by atoms with E-state index in [1.807, 2.05) is 11.8 Å². The second kappa shape index (κ2) is 5.81. The van der Waals surface area contributed by atoms with Crippen molar-refractivity contribution in [2.24, 2.45) is 0 Å². The molecule has 1 aromatic carbocycles. The number of nitrogens with zero attached hydrogens (tertiary/aromatic N) is 1. The maximum atomic E-state index is 12.0. The summed E-state index contributed by atoms with van der Waals surface area (Å²) in [5, 5.41) is 2.83. The number of nitrogen functional groups attached to an aromatic ring is 1. The number of methoxy groups -OCH3 is 1. The molecule has 3 N–H and O–H groups in total. The van der Waals surface area contributed by atoms with Crippen molar-refractivity contribution >= 4 is 23.3 Å². The molecule has 0 aliphatic carbocycles. The van der Waals surface area contributed by atoms with Gasteiger partial charge in [0.1, 0.15) is 6.04 Å². The Morgan fingerprint density at radius 1 is 1.55 bits per heavy atom. The quantitative estimate of drug-likeness (QED) is 0.629. The predicted molar refractivity (Wildman–Crippen MR) is 76.6 cm³/mol. The van der Waals surface area contributed by atoms with Gasteiger partial charge in [0, 0.05) is 13.1 Å². The van der Waals surface area contributed by atoms with E-state index in [-0.39, 0.29) is 11.9 Å². The zero-order valence-corrected chi connectivity index (χ0v) is 11.7. The number of para-hydroxylation sites is 1. The van der Waals surface area contributed by atoms with Crippen LogP contribution in [0, 0.1) is 0 Å². The number of anilines is 2. The lowest BCUT2D eigenvalue weighted by Gasteiger charge is -2.37. The fourth-order valence-corrected chi connectivity index (χ4v) is 2.54. The summed E-state index contributed by atoms with van der Waals surface area (Å²) in [7, 11) is 1.33. The van der Waals surface area contributed by atoms with Gasteiger partial charge in [-0.25, -0.2) is 4.79 Å². The van der Waals surface area contributed by atoms with Gasteiger partial charge in [0.05, 0.1) is 24.0 Å². The zero-order valence-electron chi connectivity index (χ0n) is 11.7. The normalized spacial score (nSPS) is 18.6. The highest BCUT2D eigenvalue weighted by molar-refractivity contribution is 6.00. The van der Waals surface area contributed by atoms with Crippen LogP contribution in [0.5, 0.6) is 0 Å². The Bertz CT molecular complexity index is 530. The molecule has 1 aliphatic rings. The van der Waals surface area contributed by atoms with E-state index in [2.05, 4.69) is 5.32 Å². The zero-order chi connectivity index (χ0) is 14.7. The number of ether oxygens (including phenoxy) is 1. The number of hydrogen-bond acceptors (Lipinski definition) is 5. The molecule has 1 saturated heterocycles. The summed E-state index contributed by atoms with van der Waals surface area (Å²) in [6, 6.07) is 4.77. The van der Waals surface area contributed by atoms with Crippen molar-refractivity contribution in [3.8, 4) is 0 Å². The number of carbonyl (C=O) groups excluding carboxylic acids is 2. The second-order valence-electron chi connectivity index (χ2n) is 4.64. The molecule has 2 rings (SSSR count). The molecule has 0 aromatic heterocycles. The minimum atomic E-state index is -0.451. The lowest BCUT2D eigenvalue weighted by molar-refractivity contribution is -0.123. The van der Waals surface area contributed by atoms with Gasteiger partial charge in [0.15, 0.2) is 0 Å². The monoisotopic (exact) mass is 277 g/mol. The Balaban J connectivity index is 2.50. The van der Waals surface area contributed by atoms with Gasteiger partial charge < -0.3 is 20.7 Å². The van der Waals surface area contributed by atoms with E-state index < -0.39 is 5.97 Å². The van der Waals surface area contributed by atoms with Gasteiger partial charge in [-0.1, -0.05) is 13.0 Å². The standard InChI is InChI=1S/C14H19N3O3/c1-3-11-13(18)16-7-8-17(11)12-9(14(19)20-2)5-4-6-10(12)15/h4-6,11H,3,7-8,15H2,1-2H3,(H,16,18). The second-order valence-corrected chi connectivity index (χ2v) is 4.64. The summed E-state index contributed by atoms with van der Waals surface area (Å²) >= 11 is 0. The molecule has 1 fully saturated rings. The molecule has 0 spiro atoms. The lowest BCUT2D eigenvalue weighted by atomic mass is 10.0. The van der Waals surface area contributed by atoms with Crippen LogP contribution >= 0.6 is 0 Å². The SMILES string of the molecule is CCC1C(=O)NCCN1c1c(N)cccc1C(=O)OC. The largest absolute Gasteiger partial charge is 0.465 e. The third-order valence-electron chi connectivity index (χ3n) is 3.48. The van der Waals surface area contributed by atoms with Crippen LogP contribution < -0.4 is 16.0 Å². The highest BCUT2D eigenvalue weighted by Gasteiger charge is 2.31. The highest BCUT2D eigenvalue weighted by Crippen LogP contribution is 2.31. The minimum absolute atomic E-state index is 0.0437.